The highest BCUT2D eigenvalue weighted by atomic mass is 35.5. The van der Waals surface area contributed by atoms with Gasteiger partial charge in [0.1, 0.15) is 0 Å². The number of carbonyl (C=O) groups excluding carboxylic acids is 1. The van der Waals surface area contributed by atoms with Crippen LogP contribution in [0.5, 0.6) is 0 Å². The first kappa shape index (κ1) is 14.5. The molecule has 0 spiro atoms. The minimum Gasteiger partial charge on any atom is -0.478 e. The molecule has 0 fully saturated rings. The molecule has 3 N–H and O–H groups in total. The molecule has 1 aromatic carbocycles. The summed E-state index contributed by atoms with van der Waals surface area (Å²) in [6.07, 6.45) is 1.06. The standard InChI is InChI=1S/C12H15ClN2O3/c1-14-6-2-3-11(16)15-10-7-8(12(17)18)4-5-9(10)13/h4-5,7,14H,2-3,6H2,1H3,(H,15,16)(H,17,18). The molecule has 0 atom stereocenters. The highest BCUT2D eigenvalue weighted by Gasteiger charge is 2.09. The number of carbonyl (C=O) groups is 2. The van der Waals surface area contributed by atoms with Crippen LogP contribution < -0.4 is 10.6 Å². The number of carboxylic acid groups (broad SMARTS) is 1. The molecule has 0 saturated heterocycles. The Morgan fingerprint density at radius 1 is 1.39 bits per heavy atom. The number of benzene rings is 1. The van der Waals surface area contributed by atoms with Gasteiger partial charge in [0.25, 0.3) is 0 Å². The highest BCUT2D eigenvalue weighted by molar-refractivity contribution is 6.33. The van der Waals surface area contributed by atoms with Crippen molar-refractivity contribution in [3.05, 3.63) is 28.8 Å². The van der Waals surface area contributed by atoms with Crippen LogP contribution in [-0.4, -0.2) is 30.6 Å². The van der Waals surface area contributed by atoms with Gasteiger partial charge in [0.2, 0.25) is 5.91 Å². The van der Waals surface area contributed by atoms with Crippen molar-refractivity contribution in [3.8, 4) is 0 Å². The van der Waals surface area contributed by atoms with Crippen molar-refractivity contribution in [1.29, 1.82) is 0 Å². The molecule has 0 aromatic heterocycles. The first-order chi connectivity index (χ1) is 8.54. The Hall–Kier alpha value is -1.59. The first-order valence-electron chi connectivity index (χ1n) is 5.52. The monoisotopic (exact) mass is 270 g/mol. The molecule has 0 heterocycles. The Morgan fingerprint density at radius 2 is 2.11 bits per heavy atom. The molecule has 6 heteroatoms. The van der Waals surface area contributed by atoms with E-state index < -0.39 is 5.97 Å². The maximum atomic E-state index is 11.6. The molecular formula is C12H15ClN2O3. The predicted molar refractivity (Wildman–Crippen MR) is 70.2 cm³/mol. The van der Waals surface area contributed by atoms with E-state index in [0.717, 1.165) is 6.54 Å². The molecular weight excluding hydrogens is 256 g/mol. The number of halogens is 1. The van der Waals surface area contributed by atoms with Gasteiger partial charge in [0.15, 0.2) is 0 Å². The van der Waals surface area contributed by atoms with Crippen LogP contribution in [0.25, 0.3) is 0 Å². The van der Waals surface area contributed by atoms with Crippen LogP contribution in [0.4, 0.5) is 5.69 Å². The second kappa shape index (κ2) is 6.98. The molecule has 0 aliphatic carbocycles. The van der Waals surface area contributed by atoms with Gasteiger partial charge in [0.05, 0.1) is 16.3 Å². The maximum absolute atomic E-state index is 11.6. The molecule has 0 bridgehead atoms. The van der Waals surface area contributed by atoms with Gasteiger partial charge < -0.3 is 15.7 Å². The van der Waals surface area contributed by atoms with Gasteiger partial charge >= 0.3 is 5.97 Å². The lowest BCUT2D eigenvalue weighted by atomic mass is 10.2. The Labute approximate surface area is 110 Å². The summed E-state index contributed by atoms with van der Waals surface area (Å²) in [6.45, 7) is 0.746. The van der Waals surface area contributed by atoms with Crippen LogP contribution in [0.1, 0.15) is 23.2 Å². The third-order valence-corrected chi connectivity index (χ3v) is 2.65. The van der Waals surface area contributed by atoms with Gasteiger partial charge in [-0.05, 0) is 38.2 Å². The van der Waals surface area contributed by atoms with Crippen LogP contribution in [0, 0.1) is 0 Å². The van der Waals surface area contributed by atoms with E-state index >= 15 is 0 Å². The average Bonchev–Trinajstić information content (AvgIpc) is 2.32. The molecule has 98 valence electrons. The third-order valence-electron chi connectivity index (χ3n) is 2.32. The van der Waals surface area contributed by atoms with Gasteiger partial charge in [-0.25, -0.2) is 4.79 Å². The quantitative estimate of drug-likeness (QED) is 0.691. The Kier molecular flexibility index (Phi) is 5.61. The lowest BCUT2D eigenvalue weighted by Crippen LogP contribution is -2.15. The molecule has 1 aromatic rings. The summed E-state index contributed by atoms with van der Waals surface area (Å²) in [7, 11) is 1.81. The number of aromatic carboxylic acids is 1. The smallest absolute Gasteiger partial charge is 0.335 e. The first-order valence-corrected chi connectivity index (χ1v) is 5.89. The van der Waals surface area contributed by atoms with Crippen molar-refractivity contribution in [2.24, 2.45) is 0 Å². The number of rotatable bonds is 6. The fourth-order valence-electron chi connectivity index (χ4n) is 1.39. The van der Waals surface area contributed by atoms with E-state index in [4.69, 9.17) is 16.7 Å². The number of nitrogens with one attached hydrogen (secondary N) is 2. The summed E-state index contributed by atoms with van der Waals surface area (Å²) in [5.41, 5.74) is 0.413. The topological polar surface area (TPSA) is 78.4 Å². The van der Waals surface area contributed by atoms with Gasteiger partial charge in [-0.2, -0.15) is 0 Å². The second-order valence-corrected chi connectivity index (χ2v) is 4.16. The van der Waals surface area contributed by atoms with Crippen LogP contribution in [0.2, 0.25) is 5.02 Å². The molecule has 1 amide bonds. The van der Waals surface area contributed by atoms with Crippen molar-refractivity contribution in [3.63, 3.8) is 0 Å². The van der Waals surface area contributed by atoms with Gasteiger partial charge in [-0.3, -0.25) is 4.79 Å². The fourth-order valence-corrected chi connectivity index (χ4v) is 1.56. The number of hydrogen-bond acceptors (Lipinski definition) is 3. The second-order valence-electron chi connectivity index (χ2n) is 3.76. The highest BCUT2D eigenvalue weighted by Crippen LogP contribution is 2.23. The lowest BCUT2D eigenvalue weighted by molar-refractivity contribution is -0.116. The zero-order valence-corrected chi connectivity index (χ0v) is 10.8. The van der Waals surface area contributed by atoms with Crippen molar-refractivity contribution < 1.29 is 14.7 Å². The molecule has 0 aliphatic heterocycles. The molecule has 1 rings (SSSR count). The van der Waals surface area contributed by atoms with Crippen LogP contribution >= 0.6 is 11.6 Å². The van der Waals surface area contributed by atoms with Gasteiger partial charge in [-0.1, -0.05) is 11.6 Å². The lowest BCUT2D eigenvalue weighted by Gasteiger charge is -2.08. The molecule has 18 heavy (non-hydrogen) atoms. The van der Waals surface area contributed by atoms with E-state index in [9.17, 15) is 9.59 Å². The Bertz CT molecular complexity index is 449. The summed E-state index contributed by atoms with van der Waals surface area (Å²) in [4.78, 5) is 22.4. The summed E-state index contributed by atoms with van der Waals surface area (Å²) in [5.74, 6) is -1.24. The maximum Gasteiger partial charge on any atom is 0.335 e. The number of hydrogen-bond donors (Lipinski definition) is 3. The normalized spacial score (nSPS) is 10.1. The van der Waals surface area contributed by atoms with Gasteiger partial charge in [-0.15, -0.1) is 0 Å². The molecule has 5 nitrogen and oxygen atoms in total. The fraction of sp³-hybridized carbons (Fsp3) is 0.333. The SMILES string of the molecule is CNCCCC(=O)Nc1cc(C(=O)O)ccc1Cl. The van der Waals surface area contributed by atoms with Crippen LogP contribution in [-0.2, 0) is 4.79 Å². The minimum atomic E-state index is -1.06. The van der Waals surface area contributed by atoms with Crippen molar-refractivity contribution in [1.82, 2.24) is 5.32 Å². The van der Waals surface area contributed by atoms with E-state index in [1.54, 1.807) is 0 Å². The number of carboxylic acids is 1. The van der Waals surface area contributed by atoms with Crippen LogP contribution in [0.15, 0.2) is 18.2 Å². The zero-order valence-electron chi connectivity index (χ0n) is 10.00. The van der Waals surface area contributed by atoms with E-state index in [1.165, 1.54) is 18.2 Å². The molecule has 0 aliphatic rings. The van der Waals surface area contributed by atoms with Crippen molar-refractivity contribution in [2.45, 2.75) is 12.8 Å². The summed E-state index contributed by atoms with van der Waals surface area (Å²) in [5, 5.41) is 14.7. The van der Waals surface area contributed by atoms with E-state index in [2.05, 4.69) is 10.6 Å². The summed E-state index contributed by atoms with van der Waals surface area (Å²) in [6, 6.07) is 4.19. The summed E-state index contributed by atoms with van der Waals surface area (Å²) >= 11 is 5.89. The third kappa shape index (κ3) is 4.35. The minimum absolute atomic E-state index is 0.0879. The predicted octanol–water partition coefficient (Wildman–Crippen LogP) is 1.98. The van der Waals surface area contributed by atoms with Crippen LogP contribution in [0.3, 0.4) is 0 Å². The largest absolute Gasteiger partial charge is 0.478 e. The molecule has 0 saturated carbocycles. The van der Waals surface area contributed by atoms with Crippen molar-refractivity contribution in [2.75, 3.05) is 18.9 Å². The molecule has 0 radical (unpaired) electrons. The van der Waals surface area contributed by atoms with E-state index in [0.29, 0.717) is 23.6 Å². The summed E-state index contributed by atoms with van der Waals surface area (Å²) < 4.78 is 0. The van der Waals surface area contributed by atoms with Crippen molar-refractivity contribution >= 4 is 29.2 Å². The van der Waals surface area contributed by atoms with E-state index in [-0.39, 0.29) is 11.5 Å². The van der Waals surface area contributed by atoms with E-state index in [1.807, 2.05) is 7.05 Å². The number of anilines is 1. The van der Waals surface area contributed by atoms with Gasteiger partial charge in [0, 0.05) is 6.42 Å². The number of amides is 1. The molecule has 0 unspecified atom stereocenters. The Morgan fingerprint density at radius 3 is 2.72 bits per heavy atom. The zero-order chi connectivity index (χ0) is 13.5. The average molecular weight is 271 g/mol. The Balaban J connectivity index is 2.68.